The maximum absolute atomic E-state index is 13.0. The lowest BCUT2D eigenvalue weighted by atomic mass is 10.2. The van der Waals surface area contributed by atoms with E-state index in [1.807, 2.05) is 0 Å². The van der Waals surface area contributed by atoms with Crippen molar-refractivity contribution in [1.82, 2.24) is 0 Å². The van der Waals surface area contributed by atoms with Gasteiger partial charge in [0.05, 0.1) is 8.95 Å². The van der Waals surface area contributed by atoms with Crippen LogP contribution in [-0.2, 0) is 0 Å². The minimum Gasteiger partial charge on any atom is -0.204 e. The summed E-state index contributed by atoms with van der Waals surface area (Å²) in [5.41, 5.74) is -0.564. The molecule has 1 aromatic carbocycles. The summed E-state index contributed by atoms with van der Waals surface area (Å²) in [4.78, 5) is 0. The Hall–Kier alpha value is -0.540. The molecule has 0 amide bonds. The van der Waals surface area contributed by atoms with E-state index in [-0.39, 0.29) is 0 Å². The molecule has 13 heavy (non-hydrogen) atoms. The third kappa shape index (κ3) is 1.58. The predicted octanol–water partition coefficient (Wildman–Crippen LogP) is 3.50. The van der Waals surface area contributed by atoms with Gasteiger partial charge in [0, 0.05) is 0 Å². The van der Waals surface area contributed by atoms with Crippen molar-refractivity contribution in [2.24, 2.45) is 0 Å². The summed E-state index contributed by atoms with van der Waals surface area (Å²) >= 11 is 5.07. The fourth-order valence-electron chi connectivity index (χ4n) is 0.703. The summed E-state index contributed by atoms with van der Waals surface area (Å²) in [5, 5.41) is 8.41. The first-order valence-corrected chi connectivity index (χ1v) is 4.50. The van der Waals surface area contributed by atoms with Gasteiger partial charge in [0.25, 0.3) is 0 Å². The number of hydrogen-bond donors (Lipinski definition) is 0. The van der Waals surface area contributed by atoms with Crippen molar-refractivity contribution in [3.05, 3.63) is 32.0 Å². The SMILES string of the molecule is N#Cc1c(F)c(Br)c(F)c(F)c1Br. The maximum atomic E-state index is 13.0. The molecule has 0 heterocycles. The minimum atomic E-state index is -1.36. The number of rotatable bonds is 0. The Balaban J connectivity index is 3.69. The van der Waals surface area contributed by atoms with Crippen LogP contribution in [0.4, 0.5) is 13.2 Å². The molecule has 0 atom stereocenters. The van der Waals surface area contributed by atoms with E-state index in [1.165, 1.54) is 6.07 Å². The van der Waals surface area contributed by atoms with Crippen LogP contribution >= 0.6 is 31.9 Å². The van der Waals surface area contributed by atoms with Crippen molar-refractivity contribution in [2.75, 3.05) is 0 Å². The normalized spacial score (nSPS) is 9.85. The molecule has 0 aliphatic rings. The molecule has 0 fully saturated rings. The molecular formula is C7Br2F3N. The van der Waals surface area contributed by atoms with Crippen LogP contribution < -0.4 is 0 Å². The first kappa shape index (κ1) is 10.5. The van der Waals surface area contributed by atoms with Gasteiger partial charge in [-0.15, -0.1) is 0 Å². The van der Waals surface area contributed by atoms with Crippen LogP contribution in [0.5, 0.6) is 0 Å². The molecule has 0 N–H and O–H groups in total. The zero-order valence-electron chi connectivity index (χ0n) is 5.84. The average molecular weight is 315 g/mol. The highest BCUT2D eigenvalue weighted by Crippen LogP contribution is 2.31. The fraction of sp³-hybridized carbons (Fsp3) is 0. The summed E-state index contributed by atoms with van der Waals surface area (Å²) in [6.07, 6.45) is 0. The van der Waals surface area contributed by atoms with Crippen molar-refractivity contribution in [3.63, 3.8) is 0 Å². The fourth-order valence-corrected chi connectivity index (χ4v) is 1.51. The molecule has 0 radical (unpaired) electrons. The van der Waals surface area contributed by atoms with Crippen LogP contribution in [0.1, 0.15) is 5.56 Å². The smallest absolute Gasteiger partial charge is 0.177 e. The van der Waals surface area contributed by atoms with Crippen LogP contribution in [0.15, 0.2) is 8.95 Å². The first-order valence-electron chi connectivity index (χ1n) is 2.92. The Labute approximate surface area is 88.4 Å². The molecule has 68 valence electrons. The molecule has 0 unspecified atom stereocenters. The monoisotopic (exact) mass is 313 g/mol. The standard InChI is InChI=1S/C7Br2F3N/c8-3-2(1-13)5(10)4(9)7(12)6(3)11. The van der Waals surface area contributed by atoms with Gasteiger partial charge in [0.2, 0.25) is 0 Å². The number of nitriles is 1. The Morgan fingerprint density at radius 1 is 0.923 bits per heavy atom. The Morgan fingerprint density at radius 3 is 1.85 bits per heavy atom. The van der Waals surface area contributed by atoms with Crippen molar-refractivity contribution in [3.8, 4) is 6.07 Å². The van der Waals surface area contributed by atoms with E-state index in [0.717, 1.165) is 0 Å². The van der Waals surface area contributed by atoms with Crippen molar-refractivity contribution < 1.29 is 13.2 Å². The molecule has 0 aliphatic heterocycles. The zero-order chi connectivity index (χ0) is 10.2. The second-order valence-electron chi connectivity index (χ2n) is 2.06. The number of halogens is 5. The van der Waals surface area contributed by atoms with Gasteiger partial charge in [0.15, 0.2) is 17.5 Å². The largest absolute Gasteiger partial charge is 0.204 e. The molecule has 0 saturated heterocycles. The zero-order valence-corrected chi connectivity index (χ0v) is 9.01. The lowest BCUT2D eigenvalue weighted by molar-refractivity contribution is 0.482. The van der Waals surface area contributed by atoms with Crippen LogP contribution in [0.2, 0.25) is 0 Å². The number of benzene rings is 1. The van der Waals surface area contributed by atoms with Gasteiger partial charge in [-0.2, -0.15) is 5.26 Å². The van der Waals surface area contributed by atoms with Gasteiger partial charge in [-0.1, -0.05) is 0 Å². The van der Waals surface area contributed by atoms with E-state index in [1.54, 1.807) is 0 Å². The van der Waals surface area contributed by atoms with Gasteiger partial charge in [-0.3, -0.25) is 0 Å². The van der Waals surface area contributed by atoms with Crippen molar-refractivity contribution in [2.45, 2.75) is 0 Å². The predicted molar refractivity (Wildman–Crippen MR) is 46.4 cm³/mol. The van der Waals surface area contributed by atoms with Gasteiger partial charge < -0.3 is 0 Å². The summed E-state index contributed by atoms with van der Waals surface area (Å²) in [5.74, 6) is -3.76. The molecule has 0 spiro atoms. The molecule has 1 rings (SSSR count). The van der Waals surface area contributed by atoms with Crippen molar-refractivity contribution >= 4 is 31.9 Å². The van der Waals surface area contributed by atoms with E-state index in [2.05, 4.69) is 31.9 Å². The average Bonchev–Trinajstić information content (AvgIpc) is 2.13. The van der Waals surface area contributed by atoms with E-state index < -0.39 is 32.0 Å². The third-order valence-electron chi connectivity index (χ3n) is 1.32. The maximum Gasteiger partial charge on any atom is 0.177 e. The summed E-state index contributed by atoms with van der Waals surface area (Å²) in [7, 11) is 0. The molecule has 6 heteroatoms. The molecule has 0 saturated carbocycles. The molecule has 0 aliphatic carbocycles. The van der Waals surface area contributed by atoms with Crippen molar-refractivity contribution in [1.29, 1.82) is 5.26 Å². The second kappa shape index (κ2) is 3.68. The molecule has 0 aromatic heterocycles. The van der Waals surface area contributed by atoms with E-state index in [4.69, 9.17) is 5.26 Å². The molecule has 1 aromatic rings. The lowest BCUT2D eigenvalue weighted by Crippen LogP contribution is -1.97. The van der Waals surface area contributed by atoms with Crippen LogP contribution in [-0.4, -0.2) is 0 Å². The van der Waals surface area contributed by atoms with Gasteiger partial charge in [0.1, 0.15) is 11.6 Å². The van der Waals surface area contributed by atoms with E-state index in [0.29, 0.717) is 0 Å². The summed E-state index contributed by atoms with van der Waals surface area (Å²) < 4.78 is 37.4. The topological polar surface area (TPSA) is 23.8 Å². The first-order chi connectivity index (χ1) is 6.00. The molecule has 0 bridgehead atoms. The van der Waals surface area contributed by atoms with E-state index in [9.17, 15) is 13.2 Å². The van der Waals surface area contributed by atoms with Crippen LogP contribution in [0.3, 0.4) is 0 Å². The summed E-state index contributed by atoms with van der Waals surface area (Å²) in [6, 6.07) is 1.41. The molecule has 1 nitrogen and oxygen atoms in total. The Morgan fingerprint density at radius 2 is 1.38 bits per heavy atom. The molecular weight excluding hydrogens is 315 g/mol. The second-order valence-corrected chi connectivity index (χ2v) is 3.64. The quantitative estimate of drug-likeness (QED) is 0.531. The highest BCUT2D eigenvalue weighted by molar-refractivity contribution is 9.11. The van der Waals surface area contributed by atoms with Gasteiger partial charge >= 0.3 is 0 Å². The Kier molecular flexibility index (Phi) is 2.98. The van der Waals surface area contributed by atoms with Gasteiger partial charge in [-0.25, -0.2) is 13.2 Å². The van der Waals surface area contributed by atoms with Gasteiger partial charge in [-0.05, 0) is 31.9 Å². The minimum absolute atomic E-state index is 0.506. The number of nitrogens with zero attached hydrogens (tertiary/aromatic N) is 1. The Bertz CT molecular complexity index is 382. The van der Waals surface area contributed by atoms with E-state index >= 15 is 0 Å². The highest BCUT2D eigenvalue weighted by atomic mass is 79.9. The highest BCUT2D eigenvalue weighted by Gasteiger charge is 2.21. The summed E-state index contributed by atoms with van der Waals surface area (Å²) in [6.45, 7) is 0. The van der Waals surface area contributed by atoms with Crippen LogP contribution in [0.25, 0.3) is 0 Å². The van der Waals surface area contributed by atoms with Crippen LogP contribution in [0, 0.1) is 28.8 Å². The lowest BCUT2D eigenvalue weighted by Gasteiger charge is -2.03. The number of hydrogen-bond acceptors (Lipinski definition) is 1. The third-order valence-corrected chi connectivity index (χ3v) is 2.76.